The van der Waals surface area contributed by atoms with Gasteiger partial charge in [0.15, 0.2) is 0 Å². The van der Waals surface area contributed by atoms with Gasteiger partial charge < -0.3 is 29.7 Å². The normalized spacial score (nSPS) is 11.1. The topological polar surface area (TPSA) is 106 Å². The summed E-state index contributed by atoms with van der Waals surface area (Å²) in [6.07, 6.45) is -1.20. The third-order valence-electron chi connectivity index (χ3n) is 4.10. The van der Waals surface area contributed by atoms with E-state index in [1.807, 2.05) is 0 Å². The highest BCUT2D eigenvalue weighted by Gasteiger charge is 2.17. The molecule has 1 unspecified atom stereocenters. The van der Waals surface area contributed by atoms with E-state index in [1.165, 1.54) is 18.9 Å². The van der Waals surface area contributed by atoms with E-state index in [4.69, 9.17) is 14.2 Å². The second-order valence-electron chi connectivity index (χ2n) is 6.82. The van der Waals surface area contributed by atoms with E-state index >= 15 is 0 Å². The van der Waals surface area contributed by atoms with Gasteiger partial charge in [-0.1, -0.05) is 12.1 Å². The first kappa shape index (κ1) is 23.5. The van der Waals surface area contributed by atoms with E-state index in [-0.39, 0.29) is 5.91 Å². The fourth-order valence-corrected chi connectivity index (χ4v) is 2.55. The maximum Gasteiger partial charge on any atom is 0.414 e. The number of nitrogens with zero attached hydrogens (tertiary/aromatic N) is 1. The average molecular weight is 429 g/mol. The van der Waals surface area contributed by atoms with Crippen molar-refractivity contribution in [3.8, 4) is 11.5 Å². The number of nitrogens with one attached hydrogen (secondary N) is 2. The SMILES string of the molecule is CNC(=O)OC(CCOc1ccc(NC(C)=O)cc1)c1ccc(OC(=O)N(C)C)cc1. The summed E-state index contributed by atoms with van der Waals surface area (Å²) in [4.78, 5) is 35.8. The van der Waals surface area contributed by atoms with Crippen LogP contribution in [-0.2, 0) is 9.53 Å². The van der Waals surface area contributed by atoms with Crippen molar-refractivity contribution in [2.24, 2.45) is 0 Å². The smallest absolute Gasteiger partial charge is 0.414 e. The number of anilines is 1. The molecule has 0 saturated heterocycles. The fraction of sp³-hybridized carbons (Fsp3) is 0.318. The summed E-state index contributed by atoms with van der Waals surface area (Å²) in [6.45, 7) is 1.73. The minimum absolute atomic E-state index is 0.148. The number of benzene rings is 2. The van der Waals surface area contributed by atoms with Gasteiger partial charge in [-0.3, -0.25) is 4.79 Å². The van der Waals surface area contributed by atoms with Crippen LogP contribution in [-0.4, -0.2) is 50.7 Å². The van der Waals surface area contributed by atoms with Gasteiger partial charge in [-0.15, -0.1) is 0 Å². The standard InChI is InChI=1S/C22H27N3O6/c1-15(26)24-17-7-11-18(12-8-17)29-14-13-20(31-21(27)23-2)16-5-9-19(10-6-16)30-22(28)25(3)4/h5-12,20H,13-14H2,1-4H3,(H,23,27)(H,24,26). The zero-order valence-corrected chi connectivity index (χ0v) is 18.0. The Morgan fingerprint density at radius 3 is 2.13 bits per heavy atom. The van der Waals surface area contributed by atoms with Crippen LogP contribution in [0, 0.1) is 0 Å². The van der Waals surface area contributed by atoms with Gasteiger partial charge in [0.25, 0.3) is 0 Å². The van der Waals surface area contributed by atoms with Crippen LogP contribution in [0.3, 0.4) is 0 Å². The summed E-state index contributed by atoms with van der Waals surface area (Å²) < 4.78 is 16.4. The van der Waals surface area contributed by atoms with Crippen molar-refractivity contribution >= 4 is 23.8 Å². The predicted molar refractivity (Wildman–Crippen MR) is 115 cm³/mol. The molecule has 166 valence electrons. The number of rotatable bonds is 8. The molecule has 2 rings (SSSR count). The van der Waals surface area contributed by atoms with Crippen LogP contribution in [0.1, 0.15) is 25.0 Å². The molecule has 0 bridgehead atoms. The maximum atomic E-state index is 11.8. The Labute approximate surface area is 181 Å². The summed E-state index contributed by atoms with van der Waals surface area (Å²) in [5.41, 5.74) is 1.41. The minimum atomic E-state index is -0.562. The molecule has 0 aliphatic rings. The predicted octanol–water partition coefficient (Wildman–Crippen LogP) is 3.57. The van der Waals surface area contributed by atoms with E-state index in [0.29, 0.717) is 30.2 Å². The highest BCUT2D eigenvalue weighted by molar-refractivity contribution is 5.88. The Bertz CT molecular complexity index is 881. The zero-order valence-electron chi connectivity index (χ0n) is 18.0. The van der Waals surface area contributed by atoms with E-state index in [2.05, 4.69) is 10.6 Å². The Morgan fingerprint density at radius 2 is 1.58 bits per heavy atom. The van der Waals surface area contributed by atoms with Gasteiger partial charge in [-0.05, 0) is 42.0 Å². The van der Waals surface area contributed by atoms with Crippen LogP contribution in [0.5, 0.6) is 11.5 Å². The highest BCUT2D eigenvalue weighted by atomic mass is 16.6. The number of hydrogen-bond acceptors (Lipinski definition) is 6. The van der Waals surface area contributed by atoms with E-state index in [1.54, 1.807) is 62.6 Å². The Morgan fingerprint density at radius 1 is 0.968 bits per heavy atom. The molecule has 0 aliphatic carbocycles. The molecule has 31 heavy (non-hydrogen) atoms. The quantitative estimate of drug-likeness (QED) is 0.664. The molecule has 2 N–H and O–H groups in total. The first-order valence-electron chi connectivity index (χ1n) is 9.66. The lowest BCUT2D eigenvalue weighted by Crippen LogP contribution is -2.25. The summed E-state index contributed by atoms with van der Waals surface area (Å²) in [6, 6.07) is 13.7. The molecule has 1 atom stereocenters. The molecule has 0 heterocycles. The molecule has 2 aromatic rings. The van der Waals surface area contributed by atoms with Crippen LogP contribution in [0.4, 0.5) is 15.3 Å². The Hall–Kier alpha value is -3.75. The largest absolute Gasteiger partial charge is 0.493 e. The first-order valence-corrected chi connectivity index (χ1v) is 9.66. The number of carbonyl (C=O) groups is 3. The summed E-state index contributed by atoms with van der Waals surface area (Å²) in [5.74, 6) is 0.862. The minimum Gasteiger partial charge on any atom is -0.493 e. The second-order valence-corrected chi connectivity index (χ2v) is 6.82. The first-order chi connectivity index (χ1) is 14.8. The van der Waals surface area contributed by atoms with Crippen molar-refractivity contribution in [1.82, 2.24) is 10.2 Å². The lowest BCUT2D eigenvalue weighted by atomic mass is 10.1. The summed E-state index contributed by atoms with van der Waals surface area (Å²) in [5, 5.41) is 5.12. The van der Waals surface area contributed by atoms with Crippen LogP contribution in [0.2, 0.25) is 0 Å². The molecule has 9 nitrogen and oxygen atoms in total. The van der Waals surface area contributed by atoms with Gasteiger partial charge >= 0.3 is 12.2 Å². The van der Waals surface area contributed by atoms with Gasteiger partial charge in [0.2, 0.25) is 5.91 Å². The van der Waals surface area contributed by atoms with Crippen LogP contribution in [0.25, 0.3) is 0 Å². The summed E-state index contributed by atoms with van der Waals surface area (Å²) in [7, 11) is 4.67. The van der Waals surface area contributed by atoms with Gasteiger partial charge in [0.1, 0.15) is 17.6 Å². The molecular formula is C22H27N3O6. The molecule has 0 radical (unpaired) electrons. The fourth-order valence-electron chi connectivity index (χ4n) is 2.55. The summed E-state index contributed by atoms with van der Waals surface area (Å²) >= 11 is 0. The van der Waals surface area contributed by atoms with Crippen molar-refractivity contribution in [1.29, 1.82) is 0 Å². The van der Waals surface area contributed by atoms with Crippen molar-refractivity contribution in [2.45, 2.75) is 19.4 Å². The molecule has 0 aliphatic heterocycles. The van der Waals surface area contributed by atoms with Crippen LogP contribution >= 0.6 is 0 Å². The highest BCUT2D eigenvalue weighted by Crippen LogP contribution is 2.25. The number of ether oxygens (including phenoxy) is 3. The van der Waals surface area contributed by atoms with E-state index in [9.17, 15) is 14.4 Å². The van der Waals surface area contributed by atoms with Crippen molar-refractivity contribution in [3.05, 3.63) is 54.1 Å². The zero-order chi connectivity index (χ0) is 22.8. The van der Waals surface area contributed by atoms with Crippen LogP contribution < -0.4 is 20.1 Å². The molecule has 0 fully saturated rings. The monoisotopic (exact) mass is 429 g/mol. The second kappa shape index (κ2) is 11.4. The van der Waals surface area contributed by atoms with E-state index in [0.717, 1.165) is 5.56 Å². The lowest BCUT2D eigenvalue weighted by molar-refractivity contribution is -0.114. The van der Waals surface area contributed by atoms with Gasteiger partial charge in [-0.2, -0.15) is 0 Å². The lowest BCUT2D eigenvalue weighted by Gasteiger charge is -2.19. The molecule has 9 heteroatoms. The molecule has 2 aromatic carbocycles. The number of amides is 3. The number of hydrogen-bond donors (Lipinski definition) is 2. The average Bonchev–Trinajstić information content (AvgIpc) is 2.74. The van der Waals surface area contributed by atoms with Crippen molar-refractivity contribution in [2.75, 3.05) is 33.1 Å². The van der Waals surface area contributed by atoms with Crippen LogP contribution in [0.15, 0.2) is 48.5 Å². The third kappa shape index (κ3) is 7.88. The van der Waals surface area contributed by atoms with Gasteiger partial charge in [0.05, 0.1) is 6.61 Å². The maximum absolute atomic E-state index is 11.8. The molecule has 0 saturated carbocycles. The number of alkyl carbamates (subject to hydrolysis) is 1. The van der Waals surface area contributed by atoms with Gasteiger partial charge in [0, 0.05) is 40.2 Å². The van der Waals surface area contributed by atoms with E-state index < -0.39 is 18.3 Å². The number of carbonyl (C=O) groups excluding carboxylic acids is 3. The molecule has 0 aromatic heterocycles. The molecule has 0 spiro atoms. The van der Waals surface area contributed by atoms with Crippen molar-refractivity contribution < 1.29 is 28.6 Å². The Kier molecular flexibility index (Phi) is 8.68. The van der Waals surface area contributed by atoms with Gasteiger partial charge in [-0.25, -0.2) is 9.59 Å². The molecule has 3 amide bonds. The Balaban J connectivity index is 1.99. The molecular weight excluding hydrogens is 402 g/mol. The van der Waals surface area contributed by atoms with Crippen molar-refractivity contribution in [3.63, 3.8) is 0 Å². The third-order valence-corrected chi connectivity index (χ3v) is 4.10.